The van der Waals surface area contributed by atoms with Crippen LogP contribution in [0.1, 0.15) is 44.4 Å². The first-order valence-corrected chi connectivity index (χ1v) is 7.76. The molecule has 4 heteroatoms. The lowest BCUT2D eigenvalue weighted by atomic mass is 10.1. The lowest BCUT2D eigenvalue weighted by molar-refractivity contribution is 0.224. The van der Waals surface area contributed by atoms with E-state index in [4.69, 9.17) is 4.42 Å². The van der Waals surface area contributed by atoms with Crippen molar-refractivity contribution in [1.82, 2.24) is 10.2 Å². The van der Waals surface area contributed by atoms with Gasteiger partial charge in [0.05, 0.1) is 6.04 Å². The standard InChI is InChI=1S/C14H23BrN2O/c1-12(13-6-7-14(15)18-13)16-8-5-11-17-9-3-2-4-10-17/h6-7,12,16H,2-5,8-11H2,1H3. The molecular formula is C14H23BrN2O. The number of hydrogen-bond acceptors (Lipinski definition) is 3. The summed E-state index contributed by atoms with van der Waals surface area (Å²) in [6.45, 7) is 7.01. The van der Waals surface area contributed by atoms with Crippen molar-refractivity contribution < 1.29 is 4.42 Å². The highest BCUT2D eigenvalue weighted by molar-refractivity contribution is 9.10. The molecule has 1 N–H and O–H groups in total. The van der Waals surface area contributed by atoms with Crippen molar-refractivity contribution in [2.75, 3.05) is 26.2 Å². The largest absolute Gasteiger partial charge is 0.453 e. The van der Waals surface area contributed by atoms with Crippen LogP contribution in [0.25, 0.3) is 0 Å². The molecule has 1 aliphatic rings. The van der Waals surface area contributed by atoms with E-state index in [1.807, 2.05) is 12.1 Å². The van der Waals surface area contributed by atoms with E-state index in [1.54, 1.807) is 0 Å². The Morgan fingerprint density at radius 2 is 2.11 bits per heavy atom. The molecule has 1 atom stereocenters. The molecule has 1 fully saturated rings. The number of piperidine rings is 1. The smallest absolute Gasteiger partial charge is 0.169 e. The Bertz CT molecular complexity index is 347. The fourth-order valence-electron chi connectivity index (χ4n) is 2.47. The number of hydrogen-bond donors (Lipinski definition) is 1. The van der Waals surface area contributed by atoms with E-state index in [1.165, 1.54) is 45.3 Å². The van der Waals surface area contributed by atoms with Gasteiger partial charge in [-0.15, -0.1) is 0 Å². The summed E-state index contributed by atoms with van der Waals surface area (Å²) in [6, 6.07) is 4.26. The van der Waals surface area contributed by atoms with Crippen LogP contribution in [0.3, 0.4) is 0 Å². The van der Waals surface area contributed by atoms with Crippen molar-refractivity contribution in [3.63, 3.8) is 0 Å². The maximum Gasteiger partial charge on any atom is 0.169 e. The maximum atomic E-state index is 5.54. The van der Waals surface area contributed by atoms with Crippen molar-refractivity contribution in [2.24, 2.45) is 0 Å². The summed E-state index contributed by atoms with van der Waals surface area (Å²) in [4.78, 5) is 2.58. The number of halogens is 1. The number of rotatable bonds is 6. The van der Waals surface area contributed by atoms with Gasteiger partial charge < -0.3 is 14.6 Å². The third kappa shape index (κ3) is 4.41. The predicted molar refractivity (Wildman–Crippen MR) is 77.7 cm³/mol. The third-order valence-electron chi connectivity index (χ3n) is 3.57. The summed E-state index contributed by atoms with van der Waals surface area (Å²) in [6.07, 6.45) is 5.39. The first-order valence-electron chi connectivity index (χ1n) is 6.96. The summed E-state index contributed by atoms with van der Waals surface area (Å²) < 4.78 is 6.34. The zero-order valence-electron chi connectivity index (χ0n) is 11.1. The maximum absolute atomic E-state index is 5.54. The van der Waals surface area contributed by atoms with Crippen LogP contribution in [-0.4, -0.2) is 31.1 Å². The Balaban J connectivity index is 1.60. The van der Waals surface area contributed by atoms with Crippen LogP contribution in [0.4, 0.5) is 0 Å². The number of nitrogens with zero attached hydrogens (tertiary/aromatic N) is 1. The molecule has 1 aromatic rings. The summed E-state index contributed by atoms with van der Waals surface area (Å²) in [5.74, 6) is 1.000. The molecule has 1 aliphatic heterocycles. The van der Waals surface area contributed by atoms with Crippen molar-refractivity contribution >= 4 is 15.9 Å². The predicted octanol–water partition coefficient (Wildman–Crippen LogP) is 3.57. The minimum atomic E-state index is 0.289. The normalized spacial score (nSPS) is 19.0. The van der Waals surface area contributed by atoms with Crippen LogP contribution < -0.4 is 5.32 Å². The van der Waals surface area contributed by atoms with Crippen molar-refractivity contribution in [1.29, 1.82) is 0 Å². The number of likely N-dealkylation sites (tertiary alicyclic amines) is 1. The second-order valence-corrected chi connectivity index (χ2v) is 5.86. The van der Waals surface area contributed by atoms with Crippen LogP contribution in [0.2, 0.25) is 0 Å². The van der Waals surface area contributed by atoms with Gasteiger partial charge in [0.2, 0.25) is 0 Å². The van der Waals surface area contributed by atoms with Crippen LogP contribution >= 0.6 is 15.9 Å². The van der Waals surface area contributed by atoms with Crippen LogP contribution in [0.15, 0.2) is 21.2 Å². The molecule has 18 heavy (non-hydrogen) atoms. The van der Waals surface area contributed by atoms with E-state index in [-0.39, 0.29) is 6.04 Å². The van der Waals surface area contributed by atoms with Gasteiger partial charge in [-0.25, -0.2) is 0 Å². The molecule has 0 amide bonds. The van der Waals surface area contributed by atoms with E-state index in [0.29, 0.717) is 0 Å². The molecule has 0 aromatic carbocycles. The first kappa shape index (κ1) is 14.1. The summed E-state index contributed by atoms with van der Waals surface area (Å²) in [5, 5.41) is 3.51. The van der Waals surface area contributed by atoms with Gasteiger partial charge in [-0.3, -0.25) is 0 Å². The number of nitrogens with one attached hydrogen (secondary N) is 1. The van der Waals surface area contributed by atoms with E-state index in [9.17, 15) is 0 Å². The Morgan fingerprint density at radius 3 is 2.78 bits per heavy atom. The van der Waals surface area contributed by atoms with E-state index < -0.39 is 0 Å². The molecule has 1 unspecified atom stereocenters. The zero-order valence-corrected chi connectivity index (χ0v) is 12.7. The average molecular weight is 315 g/mol. The van der Waals surface area contributed by atoms with Crippen molar-refractivity contribution in [3.8, 4) is 0 Å². The third-order valence-corrected chi connectivity index (χ3v) is 4.00. The Kier molecular flexibility index (Phi) is 5.73. The Labute approximate surface area is 118 Å². The quantitative estimate of drug-likeness (QED) is 0.814. The number of furan rings is 1. The fraction of sp³-hybridized carbons (Fsp3) is 0.714. The van der Waals surface area contributed by atoms with Crippen molar-refractivity contribution in [3.05, 3.63) is 22.6 Å². The highest BCUT2D eigenvalue weighted by atomic mass is 79.9. The van der Waals surface area contributed by atoms with Gasteiger partial charge in [-0.05, 0) is 80.4 Å². The highest BCUT2D eigenvalue weighted by Gasteiger charge is 2.11. The lowest BCUT2D eigenvalue weighted by Gasteiger charge is -2.26. The minimum absolute atomic E-state index is 0.289. The molecule has 1 saturated heterocycles. The second kappa shape index (κ2) is 7.31. The van der Waals surface area contributed by atoms with Gasteiger partial charge in [0.25, 0.3) is 0 Å². The molecule has 2 rings (SSSR count). The van der Waals surface area contributed by atoms with E-state index >= 15 is 0 Å². The van der Waals surface area contributed by atoms with Gasteiger partial charge >= 0.3 is 0 Å². The molecule has 0 bridgehead atoms. The molecule has 0 saturated carbocycles. The summed E-state index contributed by atoms with van der Waals surface area (Å²) >= 11 is 3.33. The molecule has 102 valence electrons. The highest BCUT2D eigenvalue weighted by Crippen LogP contribution is 2.19. The topological polar surface area (TPSA) is 28.4 Å². The van der Waals surface area contributed by atoms with Gasteiger partial charge in [0.1, 0.15) is 5.76 Å². The molecule has 0 spiro atoms. The van der Waals surface area contributed by atoms with Crippen molar-refractivity contribution in [2.45, 2.75) is 38.6 Å². The monoisotopic (exact) mass is 314 g/mol. The molecular weight excluding hydrogens is 292 g/mol. The zero-order chi connectivity index (χ0) is 12.8. The molecule has 0 radical (unpaired) electrons. The second-order valence-electron chi connectivity index (χ2n) is 5.07. The van der Waals surface area contributed by atoms with Gasteiger partial charge in [0, 0.05) is 0 Å². The summed E-state index contributed by atoms with van der Waals surface area (Å²) in [5.41, 5.74) is 0. The van der Waals surface area contributed by atoms with Gasteiger partial charge in [-0.1, -0.05) is 6.42 Å². The van der Waals surface area contributed by atoms with Crippen LogP contribution in [0.5, 0.6) is 0 Å². The first-order chi connectivity index (χ1) is 8.75. The average Bonchev–Trinajstić information content (AvgIpc) is 2.82. The molecule has 0 aliphatic carbocycles. The van der Waals surface area contributed by atoms with Crippen LogP contribution in [0, 0.1) is 0 Å². The van der Waals surface area contributed by atoms with Gasteiger partial charge in [0.15, 0.2) is 4.67 Å². The molecule has 1 aromatic heterocycles. The minimum Gasteiger partial charge on any atom is -0.453 e. The fourth-order valence-corrected chi connectivity index (χ4v) is 2.78. The lowest BCUT2D eigenvalue weighted by Crippen LogP contribution is -2.32. The Hall–Kier alpha value is -0.320. The Morgan fingerprint density at radius 1 is 1.33 bits per heavy atom. The molecule has 2 heterocycles. The molecule has 3 nitrogen and oxygen atoms in total. The van der Waals surface area contributed by atoms with Crippen LogP contribution in [-0.2, 0) is 0 Å². The van der Waals surface area contributed by atoms with Gasteiger partial charge in [-0.2, -0.15) is 0 Å². The summed E-state index contributed by atoms with van der Waals surface area (Å²) in [7, 11) is 0. The van der Waals surface area contributed by atoms with E-state index in [2.05, 4.69) is 33.1 Å². The SMILES string of the molecule is CC(NCCCN1CCCCC1)c1ccc(Br)o1. The van der Waals surface area contributed by atoms with E-state index in [0.717, 1.165) is 17.0 Å².